The van der Waals surface area contributed by atoms with Crippen molar-refractivity contribution in [2.24, 2.45) is 17.3 Å². The number of benzene rings is 1. The number of hydrogen-bond donors (Lipinski definition) is 1. The van der Waals surface area contributed by atoms with Gasteiger partial charge in [-0.05, 0) is 50.5 Å². The molecule has 0 bridgehead atoms. The normalized spacial score (nSPS) is 30.8. The quantitative estimate of drug-likeness (QED) is 0.903. The van der Waals surface area contributed by atoms with Crippen molar-refractivity contribution < 1.29 is 18.7 Å². The maximum Gasteiger partial charge on any atom is 0.263 e. The van der Waals surface area contributed by atoms with E-state index in [-0.39, 0.29) is 17.4 Å². The van der Waals surface area contributed by atoms with Crippen molar-refractivity contribution in [2.45, 2.75) is 51.1 Å². The number of halogens is 2. The molecule has 2 aliphatic carbocycles. The van der Waals surface area contributed by atoms with Crippen LogP contribution in [-0.2, 0) is 11.2 Å². The van der Waals surface area contributed by atoms with E-state index in [4.69, 9.17) is 0 Å². The van der Waals surface area contributed by atoms with Gasteiger partial charge in [0.15, 0.2) is 0 Å². The van der Waals surface area contributed by atoms with Crippen LogP contribution >= 0.6 is 0 Å². The first-order valence-electron chi connectivity index (χ1n) is 9.14. The molecule has 5 heteroatoms. The molecule has 136 valence electrons. The maximum absolute atomic E-state index is 12.6. The Morgan fingerprint density at radius 1 is 1.20 bits per heavy atom. The average molecular weight is 349 g/mol. The van der Waals surface area contributed by atoms with Crippen LogP contribution < -0.4 is 0 Å². The first-order chi connectivity index (χ1) is 11.8. The zero-order valence-electron chi connectivity index (χ0n) is 14.5. The van der Waals surface area contributed by atoms with Gasteiger partial charge in [0.25, 0.3) is 6.43 Å². The second kappa shape index (κ2) is 5.76. The predicted molar refractivity (Wildman–Crippen MR) is 90.2 cm³/mol. The number of carbonyl (C=O) groups is 1. The van der Waals surface area contributed by atoms with E-state index in [1.165, 1.54) is 12.1 Å². The molecular weight excluding hydrogens is 324 g/mol. The Bertz CT molecular complexity index is 649. The second-order valence-electron chi connectivity index (χ2n) is 8.82. The molecule has 0 radical (unpaired) electrons. The fraction of sp³-hybridized carbons (Fsp3) is 0.650. The highest BCUT2D eigenvalue weighted by atomic mass is 19.3. The van der Waals surface area contributed by atoms with Crippen molar-refractivity contribution in [2.75, 3.05) is 13.1 Å². The van der Waals surface area contributed by atoms with Gasteiger partial charge in [0.1, 0.15) is 0 Å². The van der Waals surface area contributed by atoms with E-state index < -0.39 is 12.0 Å². The van der Waals surface area contributed by atoms with Crippen LogP contribution in [0.3, 0.4) is 0 Å². The molecular formula is C20H25F2NO2. The first kappa shape index (κ1) is 17.0. The summed E-state index contributed by atoms with van der Waals surface area (Å²) in [6.07, 6.45) is 1.95. The standard InChI is InChI=1S/C20H25F2NO2/c1-19(25)9-16(10-19)18(24)23-11-20(12-23)7-14(8-20)6-13-2-4-15(5-3-13)17(21)22/h2-5,14,16-17,25H,6-12H2,1H3. The Kier molecular flexibility index (Phi) is 3.91. The van der Waals surface area contributed by atoms with Crippen molar-refractivity contribution >= 4 is 5.91 Å². The molecule has 3 fully saturated rings. The summed E-state index contributed by atoms with van der Waals surface area (Å²) in [7, 11) is 0. The number of rotatable bonds is 4. The Balaban J connectivity index is 1.22. The number of hydrogen-bond acceptors (Lipinski definition) is 2. The van der Waals surface area contributed by atoms with Gasteiger partial charge in [-0.3, -0.25) is 4.79 Å². The molecule has 1 N–H and O–H groups in total. The molecule has 3 nitrogen and oxygen atoms in total. The molecule has 0 atom stereocenters. The molecule has 0 aromatic heterocycles. The van der Waals surface area contributed by atoms with Crippen LogP contribution in [0.2, 0.25) is 0 Å². The third-order valence-electron chi connectivity index (χ3n) is 6.29. The van der Waals surface area contributed by atoms with Crippen LogP contribution in [0.4, 0.5) is 8.78 Å². The Morgan fingerprint density at radius 2 is 1.80 bits per heavy atom. The van der Waals surface area contributed by atoms with Crippen molar-refractivity contribution in [1.29, 1.82) is 0 Å². The van der Waals surface area contributed by atoms with Crippen molar-refractivity contribution in [3.63, 3.8) is 0 Å². The van der Waals surface area contributed by atoms with E-state index in [9.17, 15) is 18.7 Å². The van der Waals surface area contributed by atoms with Gasteiger partial charge in [-0.15, -0.1) is 0 Å². The fourth-order valence-corrected chi connectivity index (χ4v) is 5.05. The van der Waals surface area contributed by atoms with Gasteiger partial charge in [0.05, 0.1) is 5.60 Å². The molecule has 2 saturated carbocycles. The van der Waals surface area contributed by atoms with E-state index in [0.29, 0.717) is 24.2 Å². The number of likely N-dealkylation sites (tertiary alicyclic amines) is 1. The van der Waals surface area contributed by atoms with Gasteiger partial charge in [-0.25, -0.2) is 8.78 Å². The highest BCUT2D eigenvalue weighted by Crippen LogP contribution is 2.54. The summed E-state index contributed by atoms with van der Waals surface area (Å²) in [5, 5.41) is 9.78. The molecule has 1 aromatic rings. The highest BCUT2D eigenvalue weighted by molar-refractivity contribution is 5.81. The average Bonchev–Trinajstić information content (AvgIpc) is 2.45. The van der Waals surface area contributed by atoms with Crippen LogP contribution in [0.1, 0.15) is 50.2 Å². The number of carbonyl (C=O) groups excluding carboxylic acids is 1. The van der Waals surface area contributed by atoms with Gasteiger partial charge in [-0.2, -0.15) is 0 Å². The Hall–Kier alpha value is -1.49. The smallest absolute Gasteiger partial charge is 0.263 e. The van der Waals surface area contributed by atoms with Gasteiger partial charge < -0.3 is 10.0 Å². The fourth-order valence-electron chi connectivity index (χ4n) is 5.05. The number of amides is 1. The monoisotopic (exact) mass is 349 g/mol. The summed E-state index contributed by atoms with van der Waals surface area (Å²) in [4.78, 5) is 14.3. The Morgan fingerprint density at radius 3 is 2.32 bits per heavy atom. The van der Waals surface area contributed by atoms with E-state index in [0.717, 1.165) is 37.9 Å². The van der Waals surface area contributed by atoms with Crippen LogP contribution in [0.15, 0.2) is 24.3 Å². The molecule has 3 aliphatic rings. The summed E-state index contributed by atoms with van der Waals surface area (Å²) >= 11 is 0. The first-order valence-corrected chi connectivity index (χ1v) is 9.14. The third-order valence-corrected chi connectivity index (χ3v) is 6.29. The van der Waals surface area contributed by atoms with Crippen molar-refractivity contribution in [3.05, 3.63) is 35.4 Å². The lowest BCUT2D eigenvalue weighted by Gasteiger charge is -2.60. The van der Waals surface area contributed by atoms with Gasteiger partial charge in [-0.1, -0.05) is 24.3 Å². The molecule has 1 aromatic carbocycles. The van der Waals surface area contributed by atoms with Crippen LogP contribution in [0, 0.1) is 17.3 Å². The lowest BCUT2D eigenvalue weighted by molar-refractivity contribution is -0.171. The van der Waals surface area contributed by atoms with Gasteiger partial charge in [0, 0.05) is 30.0 Å². The van der Waals surface area contributed by atoms with Crippen LogP contribution in [0.5, 0.6) is 0 Å². The minimum Gasteiger partial charge on any atom is -0.390 e. The largest absolute Gasteiger partial charge is 0.390 e. The molecule has 1 spiro atoms. The zero-order chi connectivity index (χ0) is 17.8. The minimum absolute atomic E-state index is 0.0107. The molecule has 1 aliphatic heterocycles. The number of alkyl halides is 2. The van der Waals surface area contributed by atoms with Crippen LogP contribution in [0.25, 0.3) is 0 Å². The Labute approximate surface area is 147 Å². The van der Waals surface area contributed by atoms with E-state index in [1.54, 1.807) is 6.92 Å². The summed E-state index contributed by atoms with van der Waals surface area (Å²) in [5.74, 6) is 0.818. The lowest BCUT2D eigenvalue weighted by Crippen LogP contribution is -2.66. The lowest BCUT2D eigenvalue weighted by atomic mass is 9.56. The maximum atomic E-state index is 12.6. The molecule has 0 unspecified atom stereocenters. The molecule has 1 heterocycles. The summed E-state index contributed by atoms with van der Waals surface area (Å²) < 4.78 is 25.2. The van der Waals surface area contributed by atoms with Crippen molar-refractivity contribution in [3.8, 4) is 0 Å². The second-order valence-corrected chi connectivity index (χ2v) is 8.82. The molecule has 1 saturated heterocycles. The number of nitrogens with zero attached hydrogens (tertiary/aromatic N) is 1. The molecule has 25 heavy (non-hydrogen) atoms. The van der Waals surface area contributed by atoms with Crippen LogP contribution in [-0.4, -0.2) is 34.6 Å². The van der Waals surface area contributed by atoms with Crippen molar-refractivity contribution in [1.82, 2.24) is 4.90 Å². The van der Waals surface area contributed by atoms with Gasteiger partial charge >= 0.3 is 0 Å². The highest BCUT2D eigenvalue weighted by Gasteiger charge is 2.55. The third kappa shape index (κ3) is 3.19. The zero-order valence-corrected chi connectivity index (χ0v) is 14.5. The molecule has 4 rings (SSSR count). The summed E-state index contributed by atoms with van der Waals surface area (Å²) in [5.41, 5.74) is 0.852. The van der Waals surface area contributed by atoms with Gasteiger partial charge in [0.2, 0.25) is 5.91 Å². The predicted octanol–water partition coefficient (Wildman–Crippen LogP) is 3.57. The van der Waals surface area contributed by atoms with E-state index >= 15 is 0 Å². The summed E-state index contributed by atoms with van der Waals surface area (Å²) in [6.45, 7) is 3.50. The minimum atomic E-state index is -2.40. The summed E-state index contributed by atoms with van der Waals surface area (Å²) in [6, 6.07) is 6.66. The topological polar surface area (TPSA) is 40.5 Å². The SMILES string of the molecule is CC1(O)CC(C(=O)N2CC3(CC(Cc4ccc(C(F)F)cc4)C3)C2)C1. The molecule has 1 amide bonds. The van der Waals surface area contributed by atoms with E-state index in [2.05, 4.69) is 0 Å². The van der Waals surface area contributed by atoms with E-state index in [1.807, 2.05) is 17.0 Å². The number of aliphatic hydroxyl groups is 1.